The van der Waals surface area contributed by atoms with E-state index in [1.165, 1.54) is 0 Å². The lowest BCUT2D eigenvalue weighted by molar-refractivity contribution is 0.0701. The van der Waals surface area contributed by atoms with E-state index in [4.69, 9.17) is 0 Å². The van der Waals surface area contributed by atoms with E-state index < -0.39 is 0 Å². The summed E-state index contributed by atoms with van der Waals surface area (Å²) in [7, 11) is 0. The molecule has 2 N–H and O–H groups in total. The highest BCUT2D eigenvalue weighted by molar-refractivity contribution is 6.04. The second-order valence-electron chi connectivity index (χ2n) is 6.05. The lowest BCUT2D eigenvalue weighted by Gasteiger charge is -2.32. The fourth-order valence-electron chi connectivity index (χ4n) is 3.34. The van der Waals surface area contributed by atoms with E-state index in [0.29, 0.717) is 29.6 Å². The SMILES string of the molecule is O=C(c1n[nH]c(=O)c2ccccc12)N1CCC[C@H](c2ccn[nH]2)C1. The van der Waals surface area contributed by atoms with Crippen LogP contribution in [0.3, 0.4) is 0 Å². The van der Waals surface area contributed by atoms with Crippen molar-refractivity contribution < 1.29 is 4.79 Å². The maximum Gasteiger partial charge on any atom is 0.274 e. The van der Waals surface area contributed by atoms with E-state index in [1.54, 1.807) is 24.4 Å². The number of nitrogens with zero attached hydrogens (tertiary/aromatic N) is 3. The van der Waals surface area contributed by atoms with Gasteiger partial charge in [0.25, 0.3) is 11.5 Å². The van der Waals surface area contributed by atoms with Crippen molar-refractivity contribution in [3.63, 3.8) is 0 Å². The molecule has 1 atom stereocenters. The van der Waals surface area contributed by atoms with Gasteiger partial charge in [0, 0.05) is 36.3 Å². The van der Waals surface area contributed by atoms with Crippen LogP contribution in [0.25, 0.3) is 10.8 Å². The van der Waals surface area contributed by atoms with Crippen molar-refractivity contribution in [1.29, 1.82) is 0 Å². The number of nitrogens with one attached hydrogen (secondary N) is 2. The van der Waals surface area contributed by atoms with Crippen LogP contribution < -0.4 is 5.56 Å². The van der Waals surface area contributed by atoms with Gasteiger partial charge in [-0.05, 0) is 25.0 Å². The molecule has 1 aliphatic rings. The standard InChI is InChI=1S/C17H17N5O2/c23-16-13-6-2-1-5-12(13)15(20-21-16)17(24)22-9-3-4-11(10-22)14-7-8-18-19-14/h1-2,5-8,11H,3-4,9-10H2,(H,18,19)(H,21,23)/t11-/m0/s1. The van der Waals surface area contributed by atoms with Crippen LogP contribution in [-0.4, -0.2) is 44.3 Å². The van der Waals surface area contributed by atoms with E-state index in [2.05, 4.69) is 20.4 Å². The molecule has 1 amide bonds. The number of amides is 1. The van der Waals surface area contributed by atoms with Gasteiger partial charge in [-0.15, -0.1) is 0 Å². The third kappa shape index (κ3) is 2.47. The predicted molar refractivity (Wildman–Crippen MR) is 88.8 cm³/mol. The molecular formula is C17H17N5O2. The second kappa shape index (κ2) is 5.92. The first-order chi connectivity index (χ1) is 11.7. The van der Waals surface area contributed by atoms with E-state index >= 15 is 0 Å². The van der Waals surface area contributed by atoms with Crippen LogP contribution >= 0.6 is 0 Å². The summed E-state index contributed by atoms with van der Waals surface area (Å²) in [6.45, 7) is 1.31. The molecule has 24 heavy (non-hydrogen) atoms. The van der Waals surface area contributed by atoms with Gasteiger partial charge in [-0.3, -0.25) is 14.7 Å². The number of hydrogen-bond donors (Lipinski definition) is 2. The number of hydrogen-bond acceptors (Lipinski definition) is 4. The Morgan fingerprint density at radius 2 is 2.00 bits per heavy atom. The molecule has 1 aliphatic heterocycles. The highest BCUT2D eigenvalue weighted by Gasteiger charge is 2.28. The Balaban J connectivity index is 1.66. The van der Waals surface area contributed by atoms with Crippen molar-refractivity contribution in [3.8, 4) is 0 Å². The normalized spacial score (nSPS) is 18.0. The van der Waals surface area contributed by atoms with Crippen LogP contribution in [0.15, 0.2) is 41.3 Å². The number of rotatable bonds is 2. The quantitative estimate of drug-likeness (QED) is 0.750. The molecule has 0 aliphatic carbocycles. The van der Waals surface area contributed by atoms with Crippen LogP contribution in [-0.2, 0) is 0 Å². The van der Waals surface area contributed by atoms with E-state index in [9.17, 15) is 9.59 Å². The molecule has 4 rings (SSSR count). The molecular weight excluding hydrogens is 306 g/mol. The molecule has 2 aromatic heterocycles. The summed E-state index contributed by atoms with van der Waals surface area (Å²) < 4.78 is 0. The van der Waals surface area contributed by atoms with Gasteiger partial charge in [0.1, 0.15) is 0 Å². The molecule has 3 aromatic rings. The third-order valence-electron chi connectivity index (χ3n) is 4.57. The third-order valence-corrected chi connectivity index (χ3v) is 4.57. The average molecular weight is 323 g/mol. The number of likely N-dealkylation sites (tertiary alicyclic amines) is 1. The molecule has 122 valence electrons. The molecule has 0 saturated carbocycles. The highest BCUT2D eigenvalue weighted by Crippen LogP contribution is 2.26. The summed E-state index contributed by atoms with van der Waals surface area (Å²) in [4.78, 5) is 26.6. The Morgan fingerprint density at radius 3 is 2.79 bits per heavy atom. The highest BCUT2D eigenvalue weighted by atomic mass is 16.2. The Kier molecular flexibility index (Phi) is 3.60. The lowest BCUT2D eigenvalue weighted by Crippen LogP contribution is -2.40. The van der Waals surface area contributed by atoms with Gasteiger partial charge in [0.05, 0.1) is 5.39 Å². The number of fused-ring (bicyclic) bond motifs is 1. The molecule has 1 fully saturated rings. The number of H-pyrrole nitrogens is 2. The van der Waals surface area contributed by atoms with Gasteiger partial charge < -0.3 is 4.90 Å². The number of piperidine rings is 1. The van der Waals surface area contributed by atoms with Crippen molar-refractivity contribution in [3.05, 3.63) is 58.3 Å². The van der Waals surface area contributed by atoms with Crippen LogP contribution in [0, 0.1) is 0 Å². The topological polar surface area (TPSA) is 94.7 Å². The van der Waals surface area contributed by atoms with Crippen molar-refractivity contribution >= 4 is 16.7 Å². The molecule has 7 nitrogen and oxygen atoms in total. The van der Waals surface area contributed by atoms with Crippen molar-refractivity contribution in [2.75, 3.05) is 13.1 Å². The number of benzene rings is 1. The number of carbonyl (C=O) groups is 1. The molecule has 7 heteroatoms. The smallest absolute Gasteiger partial charge is 0.274 e. The first-order valence-electron chi connectivity index (χ1n) is 8.00. The van der Waals surface area contributed by atoms with E-state index in [0.717, 1.165) is 18.5 Å². The molecule has 1 saturated heterocycles. The Labute approximate surface area is 137 Å². The molecule has 0 bridgehead atoms. The van der Waals surface area contributed by atoms with E-state index in [-0.39, 0.29) is 17.4 Å². The number of aromatic nitrogens is 4. The zero-order chi connectivity index (χ0) is 16.5. The van der Waals surface area contributed by atoms with Gasteiger partial charge in [-0.25, -0.2) is 5.10 Å². The summed E-state index contributed by atoms with van der Waals surface area (Å²) in [5.41, 5.74) is 1.07. The number of carbonyl (C=O) groups excluding carboxylic acids is 1. The monoisotopic (exact) mass is 323 g/mol. The maximum absolute atomic E-state index is 13.0. The minimum absolute atomic E-state index is 0.147. The molecule has 1 aromatic carbocycles. The second-order valence-corrected chi connectivity index (χ2v) is 6.05. The Bertz CT molecular complexity index is 932. The Morgan fingerprint density at radius 1 is 1.17 bits per heavy atom. The molecule has 0 radical (unpaired) electrons. The minimum atomic E-state index is -0.281. The van der Waals surface area contributed by atoms with Crippen molar-refractivity contribution in [1.82, 2.24) is 25.3 Å². The fraction of sp³-hybridized carbons (Fsp3) is 0.294. The summed E-state index contributed by atoms with van der Waals surface area (Å²) in [6.07, 6.45) is 3.68. The van der Waals surface area contributed by atoms with Crippen LogP contribution in [0.1, 0.15) is 34.9 Å². The van der Waals surface area contributed by atoms with Crippen LogP contribution in [0.5, 0.6) is 0 Å². The maximum atomic E-state index is 13.0. The van der Waals surface area contributed by atoms with Crippen LogP contribution in [0.2, 0.25) is 0 Å². The first-order valence-corrected chi connectivity index (χ1v) is 8.00. The molecule has 0 unspecified atom stereocenters. The predicted octanol–water partition coefficient (Wildman–Crippen LogP) is 1.67. The van der Waals surface area contributed by atoms with Gasteiger partial charge >= 0.3 is 0 Å². The first kappa shape index (κ1) is 14.6. The average Bonchev–Trinajstić information content (AvgIpc) is 3.17. The summed E-state index contributed by atoms with van der Waals surface area (Å²) in [5.74, 6) is 0.103. The zero-order valence-electron chi connectivity index (χ0n) is 13.0. The fourth-order valence-corrected chi connectivity index (χ4v) is 3.34. The van der Waals surface area contributed by atoms with Crippen molar-refractivity contribution in [2.24, 2.45) is 0 Å². The minimum Gasteiger partial charge on any atom is -0.337 e. The van der Waals surface area contributed by atoms with Gasteiger partial charge in [-0.1, -0.05) is 18.2 Å². The van der Waals surface area contributed by atoms with Gasteiger partial charge in [-0.2, -0.15) is 10.2 Å². The summed E-state index contributed by atoms with van der Waals surface area (Å²) >= 11 is 0. The molecule has 0 spiro atoms. The Hall–Kier alpha value is -2.96. The molecule has 3 heterocycles. The largest absolute Gasteiger partial charge is 0.337 e. The zero-order valence-corrected chi connectivity index (χ0v) is 13.0. The van der Waals surface area contributed by atoms with Crippen molar-refractivity contribution in [2.45, 2.75) is 18.8 Å². The lowest BCUT2D eigenvalue weighted by atomic mass is 9.94. The van der Waals surface area contributed by atoms with Gasteiger partial charge in [0.2, 0.25) is 0 Å². The summed E-state index contributed by atoms with van der Waals surface area (Å²) in [5, 5.41) is 14.5. The summed E-state index contributed by atoms with van der Waals surface area (Å²) in [6, 6.07) is 9.01. The van der Waals surface area contributed by atoms with Gasteiger partial charge in [0.15, 0.2) is 5.69 Å². The van der Waals surface area contributed by atoms with E-state index in [1.807, 2.05) is 17.0 Å². The number of aromatic amines is 2. The van der Waals surface area contributed by atoms with Crippen LogP contribution in [0.4, 0.5) is 0 Å².